The molecule has 33 heavy (non-hydrogen) atoms. The quantitative estimate of drug-likeness (QED) is 0.457. The zero-order valence-corrected chi connectivity index (χ0v) is 19.4. The fraction of sp³-hybridized carbons (Fsp3) is 0.360. The summed E-state index contributed by atoms with van der Waals surface area (Å²) in [5.41, 5.74) is 0.443. The van der Waals surface area contributed by atoms with Crippen molar-refractivity contribution in [2.24, 2.45) is 23.7 Å². The zero-order chi connectivity index (χ0) is 23.4. The van der Waals surface area contributed by atoms with Gasteiger partial charge in [0, 0.05) is 10.6 Å². The molecule has 0 aromatic heterocycles. The number of hydrazine groups is 1. The highest BCUT2D eigenvalue weighted by Crippen LogP contribution is 2.56. The molecule has 2 aromatic rings. The van der Waals surface area contributed by atoms with Gasteiger partial charge < -0.3 is 0 Å². The van der Waals surface area contributed by atoms with Crippen molar-refractivity contribution in [3.63, 3.8) is 0 Å². The maximum atomic E-state index is 13.7. The van der Waals surface area contributed by atoms with Gasteiger partial charge in [0.2, 0.25) is 0 Å². The van der Waals surface area contributed by atoms with Crippen molar-refractivity contribution in [3.8, 4) is 0 Å². The van der Waals surface area contributed by atoms with Crippen LogP contribution in [-0.4, -0.2) is 39.6 Å². The lowest BCUT2D eigenvalue weighted by molar-refractivity contribution is -0.157. The Morgan fingerprint density at radius 3 is 2.15 bits per heavy atom. The first-order chi connectivity index (χ1) is 15.8. The molecule has 3 amide bonds. The molecule has 0 radical (unpaired) electrons. The predicted octanol–water partition coefficient (Wildman–Crippen LogP) is 4.65. The number of halogens is 2. The number of amides is 3. The van der Waals surface area contributed by atoms with Gasteiger partial charge in [0.15, 0.2) is 5.78 Å². The first-order valence-electron chi connectivity index (χ1n) is 11.0. The Hall–Kier alpha value is -2.70. The van der Waals surface area contributed by atoms with Gasteiger partial charge in [-0.25, -0.2) is 5.01 Å². The summed E-state index contributed by atoms with van der Waals surface area (Å²) < 4.78 is 0. The van der Waals surface area contributed by atoms with Gasteiger partial charge in [-0.15, -0.1) is 0 Å². The number of Topliss-reactive ketones (excluding diaryl/α,β-unsaturated/α-hetero) is 1. The molecule has 1 saturated heterocycles. The van der Waals surface area contributed by atoms with Gasteiger partial charge in [-0.2, -0.15) is 5.01 Å². The Morgan fingerprint density at radius 1 is 0.970 bits per heavy atom. The number of imide groups is 1. The van der Waals surface area contributed by atoms with Crippen LogP contribution in [0, 0.1) is 23.7 Å². The number of benzene rings is 2. The van der Waals surface area contributed by atoms with Crippen LogP contribution < -0.4 is 0 Å². The van der Waals surface area contributed by atoms with E-state index in [1.807, 2.05) is 0 Å². The molecule has 0 unspecified atom stereocenters. The van der Waals surface area contributed by atoms with Crippen molar-refractivity contribution >= 4 is 46.7 Å². The van der Waals surface area contributed by atoms with Gasteiger partial charge in [0.1, 0.15) is 6.04 Å². The Morgan fingerprint density at radius 2 is 1.58 bits per heavy atom. The number of hydrogen-bond donors (Lipinski definition) is 0. The largest absolute Gasteiger partial charge is 0.292 e. The van der Waals surface area contributed by atoms with Crippen LogP contribution in [-0.2, 0) is 9.59 Å². The molecule has 6 nitrogen and oxygen atoms in total. The third-order valence-corrected chi connectivity index (χ3v) is 7.84. The van der Waals surface area contributed by atoms with E-state index in [9.17, 15) is 19.2 Å². The molecule has 3 aliphatic rings. The lowest BCUT2D eigenvalue weighted by Crippen LogP contribution is -2.57. The predicted molar refractivity (Wildman–Crippen MR) is 123 cm³/mol. The number of fused-ring (bicyclic) bond motifs is 5. The number of ketones is 1. The third kappa shape index (κ3) is 3.47. The monoisotopic (exact) mass is 484 g/mol. The topological polar surface area (TPSA) is 74.8 Å². The molecule has 8 heteroatoms. The minimum absolute atomic E-state index is 0.0643. The van der Waals surface area contributed by atoms with E-state index in [1.54, 1.807) is 30.3 Å². The molecule has 0 N–H and O–H groups in total. The summed E-state index contributed by atoms with van der Waals surface area (Å²) in [5.74, 6) is -2.42. The zero-order valence-electron chi connectivity index (χ0n) is 17.9. The first-order valence-corrected chi connectivity index (χ1v) is 11.8. The lowest BCUT2D eigenvalue weighted by atomic mass is 9.81. The Kier molecular flexibility index (Phi) is 5.53. The van der Waals surface area contributed by atoms with Crippen LogP contribution in [0.2, 0.25) is 10.0 Å². The molecule has 5 rings (SSSR count). The fourth-order valence-corrected chi connectivity index (χ4v) is 6.28. The van der Waals surface area contributed by atoms with Crippen LogP contribution >= 0.6 is 23.2 Å². The molecule has 2 aliphatic carbocycles. The molecular formula is C25H22Cl2N2O4. The second kappa shape index (κ2) is 8.26. The molecule has 2 aromatic carbocycles. The Bertz CT molecular complexity index is 1140. The van der Waals surface area contributed by atoms with Gasteiger partial charge in [-0.3, -0.25) is 19.2 Å². The standard InChI is InChI=1S/C25H22Cl2N2O4/c1-13(22(30)14-5-3-2-4-6-14)28(23(31)18-10-9-17(26)12-19(18)27)29-24(32)20-15-7-8-16(11-15)21(20)25(29)33/h2-6,9-10,12-13,15-16,20-21H,7-8,11H2,1H3/t13-,15+,16+,20-,21+/m1/s1. The highest BCUT2D eigenvalue weighted by Gasteiger charge is 2.63. The number of carbonyl (C=O) groups is 4. The molecule has 2 bridgehead atoms. The number of nitrogens with zero attached hydrogens (tertiary/aromatic N) is 2. The Balaban J connectivity index is 1.57. The molecule has 1 aliphatic heterocycles. The minimum Gasteiger partial charge on any atom is -0.292 e. The van der Waals surface area contributed by atoms with E-state index >= 15 is 0 Å². The average Bonchev–Trinajstić information content (AvgIpc) is 3.49. The molecule has 2 saturated carbocycles. The second-order valence-electron chi connectivity index (χ2n) is 9.05. The SMILES string of the molecule is C[C@H](C(=O)c1ccccc1)N(C(=O)c1ccc(Cl)cc1Cl)N1C(=O)[C@@H]2[C@H]3CC[C@@H](C3)[C@@H]2C1=O. The van der Waals surface area contributed by atoms with E-state index in [2.05, 4.69) is 0 Å². The van der Waals surface area contributed by atoms with Crippen molar-refractivity contribution in [1.82, 2.24) is 10.0 Å². The van der Waals surface area contributed by atoms with Gasteiger partial charge in [-0.1, -0.05) is 53.5 Å². The summed E-state index contributed by atoms with van der Waals surface area (Å²) in [6.45, 7) is 1.53. The summed E-state index contributed by atoms with van der Waals surface area (Å²) in [6, 6.07) is 11.8. The summed E-state index contributed by atoms with van der Waals surface area (Å²) in [5, 5.41) is 2.36. The van der Waals surface area contributed by atoms with Gasteiger partial charge in [0.05, 0.1) is 22.4 Å². The smallest absolute Gasteiger partial charge is 0.275 e. The van der Waals surface area contributed by atoms with E-state index in [-0.39, 0.29) is 28.2 Å². The van der Waals surface area contributed by atoms with Gasteiger partial charge in [0.25, 0.3) is 17.7 Å². The molecule has 5 atom stereocenters. The lowest BCUT2D eigenvalue weighted by Gasteiger charge is -2.35. The van der Waals surface area contributed by atoms with E-state index in [0.29, 0.717) is 10.6 Å². The van der Waals surface area contributed by atoms with Gasteiger partial charge >= 0.3 is 0 Å². The molecular weight excluding hydrogens is 463 g/mol. The first kappa shape index (κ1) is 22.1. The second-order valence-corrected chi connectivity index (χ2v) is 9.90. The molecule has 1 heterocycles. The van der Waals surface area contributed by atoms with Crippen molar-refractivity contribution in [2.75, 3.05) is 0 Å². The van der Waals surface area contributed by atoms with Crippen LogP contribution in [0.5, 0.6) is 0 Å². The van der Waals surface area contributed by atoms with Crippen LogP contribution in [0.15, 0.2) is 48.5 Å². The summed E-state index contributed by atoms with van der Waals surface area (Å²) >= 11 is 12.3. The van der Waals surface area contributed by atoms with Crippen LogP contribution in [0.1, 0.15) is 46.9 Å². The van der Waals surface area contributed by atoms with Crippen molar-refractivity contribution in [2.45, 2.75) is 32.2 Å². The normalized spacial score (nSPS) is 26.5. The fourth-order valence-electron chi connectivity index (χ4n) is 5.79. The molecule has 170 valence electrons. The molecule has 0 spiro atoms. The van der Waals surface area contributed by atoms with E-state index in [0.717, 1.165) is 29.3 Å². The van der Waals surface area contributed by atoms with Crippen LogP contribution in [0.25, 0.3) is 0 Å². The van der Waals surface area contributed by atoms with E-state index in [1.165, 1.54) is 25.1 Å². The summed E-state index contributed by atoms with van der Waals surface area (Å²) in [4.78, 5) is 54.1. The van der Waals surface area contributed by atoms with Gasteiger partial charge in [-0.05, 0) is 56.2 Å². The maximum Gasteiger partial charge on any atom is 0.275 e. The molecule has 3 fully saturated rings. The third-order valence-electron chi connectivity index (χ3n) is 7.29. The number of carbonyl (C=O) groups excluding carboxylic acids is 4. The van der Waals surface area contributed by atoms with Crippen molar-refractivity contribution in [1.29, 1.82) is 0 Å². The van der Waals surface area contributed by atoms with Crippen molar-refractivity contribution in [3.05, 3.63) is 69.7 Å². The van der Waals surface area contributed by atoms with Crippen molar-refractivity contribution < 1.29 is 19.2 Å². The average molecular weight is 485 g/mol. The van der Waals surface area contributed by atoms with E-state index in [4.69, 9.17) is 23.2 Å². The minimum atomic E-state index is -1.10. The number of rotatable bonds is 5. The van der Waals surface area contributed by atoms with Crippen LogP contribution in [0.4, 0.5) is 0 Å². The highest BCUT2D eigenvalue weighted by atomic mass is 35.5. The highest BCUT2D eigenvalue weighted by molar-refractivity contribution is 6.36. The summed E-state index contributed by atoms with van der Waals surface area (Å²) in [6.07, 6.45) is 2.69. The maximum absolute atomic E-state index is 13.7. The number of hydrogen-bond acceptors (Lipinski definition) is 4. The summed E-state index contributed by atoms with van der Waals surface area (Å²) in [7, 11) is 0. The van der Waals surface area contributed by atoms with E-state index < -0.39 is 35.6 Å². The Labute approximate surface area is 201 Å². The van der Waals surface area contributed by atoms with Crippen LogP contribution in [0.3, 0.4) is 0 Å².